The van der Waals surface area contributed by atoms with Crippen molar-refractivity contribution in [3.8, 4) is 5.75 Å². The number of ether oxygens (including phenoxy) is 2. The third kappa shape index (κ3) is 7.60. The van der Waals surface area contributed by atoms with Crippen LogP contribution in [0.4, 0.5) is 11.4 Å². The number of fused-ring (bicyclic) bond motifs is 2. The van der Waals surface area contributed by atoms with Gasteiger partial charge in [-0.05, 0) is 71.1 Å². The molecule has 0 aliphatic carbocycles. The maximum Gasteiger partial charge on any atom is 0.255 e. The topological polar surface area (TPSA) is 168 Å². The van der Waals surface area contributed by atoms with Crippen LogP contribution in [0.3, 0.4) is 0 Å². The third-order valence-corrected chi connectivity index (χ3v) is 9.57. The molecule has 4 aliphatic rings. The van der Waals surface area contributed by atoms with Gasteiger partial charge >= 0.3 is 0 Å². The predicted octanol–water partition coefficient (Wildman–Crippen LogP) is 3.10. The Labute approximate surface area is 286 Å². The van der Waals surface area contributed by atoms with Gasteiger partial charge in [0.25, 0.3) is 5.91 Å². The number of nitrogens with two attached hydrogens (primary N) is 1. The minimum absolute atomic E-state index is 0.0524. The van der Waals surface area contributed by atoms with E-state index in [9.17, 15) is 19.2 Å². The lowest BCUT2D eigenvalue weighted by Crippen LogP contribution is -2.52. The molecule has 4 heterocycles. The van der Waals surface area contributed by atoms with E-state index in [-0.39, 0.29) is 55.8 Å². The van der Waals surface area contributed by atoms with Crippen LogP contribution in [0, 0.1) is 0 Å². The summed E-state index contributed by atoms with van der Waals surface area (Å²) in [4.78, 5) is 62.1. The Kier molecular flexibility index (Phi) is 10.5. The van der Waals surface area contributed by atoms with Gasteiger partial charge in [0, 0.05) is 60.3 Å². The molecule has 4 aliphatic heterocycles. The molecule has 4 N–H and O–H groups in total. The van der Waals surface area contributed by atoms with Crippen LogP contribution in [0.25, 0.3) is 0 Å². The number of aliphatic imine (C=N–C) groups is 2. The molecule has 48 heavy (non-hydrogen) atoms. The standard InChI is InChI=1S/C34H38BrN7O6/c35-26-2-1-3-27-32(26)39-28(19-38-27)22(17-36)18-37-23-8-11-41(12-9-23)31(44)10-13-47-14-15-48-24-4-5-25-21(16-24)20-42(34(25)46)29-6-7-30(43)40-33(29)45/h1-5,16-19,23,28-29,39H,6-15,20,36H2,(H,40,43,45). The van der Waals surface area contributed by atoms with Gasteiger partial charge in [0.05, 0.1) is 43.1 Å². The summed E-state index contributed by atoms with van der Waals surface area (Å²) in [7, 11) is 0. The first-order chi connectivity index (χ1) is 23.3. The van der Waals surface area contributed by atoms with Crippen molar-refractivity contribution in [2.45, 2.75) is 56.8 Å². The minimum atomic E-state index is -0.655. The fourth-order valence-corrected chi connectivity index (χ4v) is 6.71. The summed E-state index contributed by atoms with van der Waals surface area (Å²) in [6.07, 6.45) is 7.54. The first-order valence-corrected chi connectivity index (χ1v) is 16.9. The lowest BCUT2D eigenvalue weighted by Gasteiger charge is -2.30. The monoisotopic (exact) mass is 719 g/mol. The van der Waals surface area contributed by atoms with Crippen LogP contribution in [-0.2, 0) is 25.7 Å². The molecule has 2 aromatic carbocycles. The number of para-hydroxylation sites is 1. The molecule has 0 bridgehead atoms. The van der Waals surface area contributed by atoms with E-state index in [2.05, 4.69) is 31.6 Å². The van der Waals surface area contributed by atoms with Crippen molar-refractivity contribution in [3.05, 3.63) is 63.8 Å². The molecular weight excluding hydrogens is 682 g/mol. The normalized spacial score (nSPS) is 21.3. The van der Waals surface area contributed by atoms with E-state index in [4.69, 9.17) is 20.2 Å². The highest BCUT2D eigenvalue weighted by molar-refractivity contribution is 9.10. The van der Waals surface area contributed by atoms with Gasteiger partial charge in [-0.2, -0.15) is 0 Å². The minimum Gasteiger partial charge on any atom is -0.491 e. The first kappa shape index (κ1) is 33.3. The third-order valence-electron chi connectivity index (χ3n) is 8.91. The van der Waals surface area contributed by atoms with Gasteiger partial charge in [0.2, 0.25) is 17.7 Å². The van der Waals surface area contributed by atoms with Crippen LogP contribution < -0.4 is 21.1 Å². The molecule has 4 amide bonds. The van der Waals surface area contributed by atoms with Crippen LogP contribution in [0.2, 0.25) is 0 Å². The molecule has 252 valence electrons. The zero-order valence-electron chi connectivity index (χ0n) is 26.4. The van der Waals surface area contributed by atoms with Crippen molar-refractivity contribution in [2.24, 2.45) is 15.7 Å². The van der Waals surface area contributed by atoms with Gasteiger partial charge in [0.15, 0.2) is 0 Å². The summed E-state index contributed by atoms with van der Waals surface area (Å²) in [6, 6.07) is 10.3. The fourth-order valence-electron chi connectivity index (χ4n) is 6.24. The number of likely N-dealkylation sites (tertiary alicyclic amines) is 1. The Hall–Kier alpha value is -4.56. The zero-order valence-corrected chi connectivity index (χ0v) is 28.0. The smallest absolute Gasteiger partial charge is 0.255 e. The van der Waals surface area contributed by atoms with Crippen molar-refractivity contribution in [1.82, 2.24) is 15.1 Å². The number of nitrogens with zero attached hydrogens (tertiary/aromatic N) is 4. The number of benzene rings is 2. The predicted molar refractivity (Wildman–Crippen MR) is 183 cm³/mol. The Morgan fingerprint density at radius 2 is 1.94 bits per heavy atom. The van der Waals surface area contributed by atoms with Gasteiger partial charge in [-0.15, -0.1) is 0 Å². The molecule has 2 unspecified atom stereocenters. The second-order valence-corrected chi connectivity index (χ2v) is 12.9. The van der Waals surface area contributed by atoms with Crippen molar-refractivity contribution in [2.75, 3.05) is 38.2 Å². The molecule has 0 aromatic heterocycles. The lowest BCUT2D eigenvalue weighted by molar-refractivity contribution is -0.137. The average molecular weight is 721 g/mol. The molecule has 0 spiro atoms. The number of halogens is 1. The van der Waals surface area contributed by atoms with Gasteiger partial charge < -0.3 is 30.3 Å². The van der Waals surface area contributed by atoms with Crippen molar-refractivity contribution >= 4 is 63.4 Å². The van der Waals surface area contributed by atoms with Crippen LogP contribution in [0.1, 0.15) is 48.0 Å². The van der Waals surface area contributed by atoms with E-state index in [1.165, 1.54) is 4.90 Å². The molecular formula is C34H38BrN7O6. The van der Waals surface area contributed by atoms with E-state index in [0.717, 1.165) is 39.8 Å². The number of nitrogens with one attached hydrogen (secondary N) is 2. The van der Waals surface area contributed by atoms with Crippen molar-refractivity contribution in [3.63, 3.8) is 0 Å². The van der Waals surface area contributed by atoms with Gasteiger partial charge in [-0.25, -0.2) is 0 Å². The summed E-state index contributed by atoms with van der Waals surface area (Å²) >= 11 is 3.57. The van der Waals surface area contributed by atoms with E-state index in [1.807, 2.05) is 35.5 Å². The number of imide groups is 1. The maximum absolute atomic E-state index is 12.9. The molecule has 0 radical (unpaired) electrons. The molecule has 2 saturated heterocycles. The van der Waals surface area contributed by atoms with Crippen LogP contribution in [0.15, 0.2) is 62.6 Å². The molecule has 13 nitrogen and oxygen atoms in total. The van der Waals surface area contributed by atoms with E-state index in [1.54, 1.807) is 24.4 Å². The van der Waals surface area contributed by atoms with Crippen LogP contribution >= 0.6 is 15.9 Å². The van der Waals surface area contributed by atoms with Gasteiger partial charge in [0.1, 0.15) is 18.4 Å². The summed E-state index contributed by atoms with van der Waals surface area (Å²) in [5, 5.41) is 5.76. The summed E-state index contributed by atoms with van der Waals surface area (Å²) in [5.74, 6) is -0.335. The zero-order chi connectivity index (χ0) is 33.6. The summed E-state index contributed by atoms with van der Waals surface area (Å²) in [5.41, 5.74) is 9.84. The highest BCUT2D eigenvalue weighted by Crippen LogP contribution is 2.36. The SMILES string of the molecule is NC=C(C=NC1CCN(C(=O)CCOCCOc2ccc3c(c2)CN(C2CCC(=O)NC2=O)C3=O)CC1)C1C=Nc2cccc(Br)c2N1. The molecule has 0 saturated carbocycles. The Bertz CT molecular complexity index is 1670. The van der Waals surface area contributed by atoms with E-state index in [0.29, 0.717) is 44.0 Å². The number of hydrogen-bond acceptors (Lipinski definition) is 10. The number of amides is 4. The Balaban J connectivity index is 0.870. The van der Waals surface area contributed by atoms with E-state index < -0.39 is 11.9 Å². The largest absolute Gasteiger partial charge is 0.491 e. The Morgan fingerprint density at radius 1 is 1.10 bits per heavy atom. The number of carbonyl (C=O) groups excluding carboxylic acids is 4. The second kappa shape index (κ2) is 15.1. The molecule has 14 heteroatoms. The number of hydrogen-bond donors (Lipinski definition) is 3. The number of anilines is 1. The van der Waals surface area contributed by atoms with Crippen LogP contribution in [0.5, 0.6) is 5.75 Å². The van der Waals surface area contributed by atoms with E-state index >= 15 is 0 Å². The quantitative estimate of drug-likeness (QED) is 0.181. The number of carbonyl (C=O) groups is 4. The van der Waals surface area contributed by atoms with Crippen LogP contribution in [-0.4, -0.2) is 96.9 Å². The highest BCUT2D eigenvalue weighted by Gasteiger charge is 2.39. The first-order valence-electron chi connectivity index (χ1n) is 16.1. The van der Waals surface area contributed by atoms with Crippen molar-refractivity contribution < 1.29 is 28.7 Å². The Morgan fingerprint density at radius 3 is 2.73 bits per heavy atom. The molecule has 2 aromatic rings. The highest BCUT2D eigenvalue weighted by atomic mass is 79.9. The number of piperidine rings is 2. The molecule has 6 rings (SSSR count). The van der Waals surface area contributed by atoms with Gasteiger partial charge in [-0.1, -0.05) is 6.07 Å². The average Bonchev–Trinajstić information content (AvgIpc) is 3.41. The fraction of sp³-hybridized carbons (Fsp3) is 0.412. The number of rotatable bonds is 11. The molecule has 2 fully saturated rings. The lowest BCUT2D eigenvalue weighted by atomic mass is 10.0. The summed E-state index contributed by atoms with van der Waals surface area (Å²) in [6.45, 7) is 2.44. The maximum atomic E-state index is 12.9. The molecule has 2 atom stereocenters. The second-order valence-electron chi connectivity index (χ2n) is 12.0. The summed E-state index contributed by atoms with van der Waals surface area (Å²) < 4.78 is 12.4. The van der Waals surface area contributed by atoms with Gasteiger partial charge in [-0.3, -0.25) is 34.5 Å². The van der Waals surface area contributed by atoms with Crippen molar-refractivity contribution in [1.29, 1.82) is 0 Å².